The molecule has 0 aromatic heterocycles. The molecule has 0 aliphatic heterocycles. The third-order valence-electron chi connectivity index (χ3n) is 4.20. The Kier molecular flexibility index (Phi) is 9.41. The number of hydrogen-bond donors (Lipinski definition) is 0. The molecule has 0 amide bonds. The lowest BCUT2D eigenvalue weighted by atomic mass is 9.80. The predicted octanol–water partition coefficient (Wildman–Crippen LogP) is 6.30. The second-order valence-electron chi connectivity index (χ2n) is 6.60. The Morgan fingerprint density at radius 2 is 1.73 bits per heavy atom. The van der Waals surface area contributed by atoms with Gasteiger partial charge in [0.1, 0.15) is 5.75 Å². The second-order valence-corrected chi connectivity index (χ2v) is 7.76. The van der Waals surface area contributed by atoms with E-state index in [1.807, 2.05) is 0 Å². The van der Waals surface area contributed by atoms with E-state index in [1.54, 1.807) is 7.11 Å². The first-order valence-corrected chi connectivity index (χ1v) is 9.51. The third-order valence-corrected chi connectivity index (χ3v) is 5.04. The molecule has 0 unspecified atom stereocenters. The van der Waals surface area contributed by atoms with Crippen molar-refractivity contribution in [1.29, 1.82) is 0 Å². The van der Waals surface area contributed by atoms with Crippen LogP contribution in [0, 0.1) is 3.57 Å². The summed E-state index contributed by atoms with van der Waals surface area (Å²) in [6.45, 7) is 7.27. The molecule has 0 aliphatic carbocycles. The average Bonchev–Trinajstić information content (AvgIpc) is 2.49. The molecule has 0 radical (unpaired) electrons. The van der Waals surface area contributed by atoms with Crippen molar-refractivity contribution in [3.8, 4) is 5.75 Å². The Morgan fingerprint density at radius 1 is 1.05 bits per heavy atom. The molecule has 0 N–H and O–H groups in total. The fourth-order valence-electron chi connectivity index (χ4n) is 2.65. The van der Waals surface area contributed by atoms with Gasteiger partial charge in [-0.2, -0.15) is 0 Å². The van der Waals surface area contributed by atoms with Crippen molar-refractivity contribution in [3.63, 3.8) is 0 Å². The van der Waals surface area contributed by atoms with Gasteiger partial charge in [-0.25, -0.2) is 0 Å². The first-order chi connectivity index (χ1) is 10.5. The van der Waals surface area contributed by atoms with Crippen LogP contribution in [0.5, 0.6) is 5.75 Å². The third kappa shape index (κ3) is 6.86. The zero-order valence-corrected chi connectivity index (χ0v) is 16.7. The first-order valence-electron chi connectivity index (χ1n) is 8.43. The standard InChI is InChI=1S/C19H31IO2/c1-5-6-7-8-9-10-13-19(2,3)16-11-12-18(17(20)14-16)22-15-21-4/h11-12,14H,5-10,13,15H2,1-4H3. The lowest BCUT2D eigenvalue weighted by Crippen LogP contribution is -2.17. The van der Waals surface area contributed by atoms with E-state index in [0.717, 1.165) is 9.32 Å². The predicted molar refractivity (Wildman–Crippen MR) is 103 cm³/mol. The largest absolute Gasteiger partial charge is 0.466 e. The van der Waals surface area contributed by atoms with Crippen molar-refractivity contribution >= 4 is 22.6 Å². The second kappa shape index (κ2) is 10.5. The molecule has 0 heterocycles. The number of unbranched alkanes of at least 4 members (excludes halogenated alkanes) is 5. The lowest BCUT2D eigenvalue weighted by Gasteiger charge is -2.26. The zero-order chi connectivity index (χ0) is 16.4. The van der Waals surface area contributed by atoms with Crippen LogP contribution in [0.15, 0.2) is 18.2 Å². The maximum atomic E-state index is 5.56. The summed E-state index contributed by atoms with van der Waals surface area (Å²) in [4.78, 5) is 0. The molecule has 1 rings (SSSR count). The van der Waals surface area contributed by atoms with Gasteiger partial charge in [-0.15, -0.1) is 0 Å². The molecule has 126 valence electrons. The molecule has 1 aromatic rings. The number of ether oxygens (including phenoxy) is 2. The van der Waals surface area contributed by atoms with E-state index in [0.29, 0.717) is 6.79 Å². The Balaban J connectivity index is 2.51. The van der Waals surface area contributed by atoms with Gasteiger partial charge in [0.2, 0.25) is 0 Å². The van der Waals surface area contributed by atoms with Crippen molar-refractivity contribution < 1.29 is 9.47 Å². The summed E-state index contributed by atoms with van der Waals surface area (Å²) in [5, 5.41) is 0. The van der Waals surface area contributed by atoms with Gasteiger partial charge < -0.3 is 9.47 Å². The summed E-state index contributed by atoms with van der Waals surface area (Å²) < 4.78 is 11.7. The van der Waals surface area contributed by atoms with E-state index in [2.05, 4.69) is 61.6 Å². The number of benzene rings is 1. The van der Waals surface area contributed by atoms with Gasteiger partial charge in [0.05, 0.1) is 3.57 Å². The van der Waals surface area contributed by atoms with Crippen molar-refractivity contribution in [2.24, 2.45) is 0 Å². The van der Waals surface area contributed by atoms with Crippen LogP contribution >= 0.6 is 22.6 Å². The molecule has 1 aromatic carbocycles. The van der Waals surface area contributed by atoms with E-state index in [-0.39, 0.29) is 5.41 Å². The van der Waals surface area contributed by atoms with Crippen LogP contribution in [0.25, 0.3) is 0 Å². The fourth-order valence-corrected chi connectivity index (χ4v) is 3.32. The molecule has 0 fully saturated rings. The number of hydrogen-bond acceptors (Lipinski definition) is 2. The SMILES string of the molecule is CCCCCCCCC(C)(C)c1ccc(OCOC)c(I)c1. The van der Waals surface area contributed by atoms with Crippen molar-refractivity contribution in [1.82, 2.24) is 0 Å². The minimum absolute atomic E-state index is 0.227. The first kappa shape index (κ1) is 19.8. The van der Waals surface area contributed by atoms with Crippen molar-refractivity contribution in [2.75, 3.05) is 13.9 Å². The summed E-state index contributed by atoms with van der Waals surface area (Å²) in [6.07, 6.45) is 9.38. The van der Waals surface area contributed by atoms with E-state index >= 15 is 0 Å². The fraction of sp³-hybridized carbons (Fsp3) is 0.684. The van der Waals surface area contributed by atoms with Gasteiger partial charge >= 0.3 is 0 Å². The van der Waals surface area contributed by atoms with Gasteiger partial charge in [0, 0.05) is 7.11 Å². The lowest BCUT2D eigenvalue weighted by molar-refractivity contribution is 0.0505. The Hall–Kier alpha value is -0.290. The van der Waals surface area contributed by atoms with Crippen LogP contribution < -0.4 is 4.74 Å². The molecule has 3 heteroatoms. The van der Waals surface area contributed by atoms with E-state index in [1.165, 1.54) is 50.5 Å². The number of methoxy groups -OCH3 is 1. The van der Waals surface area contributed by atoms with Crippen LogP contribution in [-0.2, 0) is 10.2 Å². The smallest absolute Gasteiger partial charge is 0.188 e. The molecule has 0 atom stereocenters. The molecule has 0 aliphatic rings. The van der Waals surface area contributed by atoms with Gasteiger partial charge in [-0.1, -0.05) is 65.4 Å². The van der Waals surface area contributed by atoms with Crippen LogP contribution in [0.4, 0.5) is 0 Å². The summed E-state index contributed by atoms with van der Waals surface area (Å²) in [7, 11) is 1.64. The molecule has 22 heavy (non-hydrogen) atoms. The minimum Gasteiger partial charge on any atom is -0.466 e. The monoisotopic (exact) mass is 418 g/mol. The zero-order valence-electron chi connectivity index (χ0n) is 14.6. The number of rotatable bonds is 11. The van der Waals surface area contributed by atoms with Gasteiger partial charge in [0.25, 0.3) is 0 Å². The minimum atomic E-state index is 0.227. The maximum absolute atomic E-state index is 5.56. The Morgan fingerprint density at radius 3 is 2.36 bits per heavy atom. The molecular formula is C19H31IO2. The quantitative estimate of drug-likeness (QED) is 0.238. The summed E-state index contributed by atoms with van der Waals surface area (Å²) in [5.74, 6) is 0.904. The summed E-state index contributed by atoms with van der Waals surface area (Å²) in [5.41, 5.74) is 1.63. The van der Waals surface area contributed by atoms with Gasteiger partial charge in [-0.3, -0.25) is 0 Å². The Bertz CT molecular complexity index is 429. The highest BCUT2D eigenvalue weighted by Crippen LogP contribution is 2.33. The molecular weight excluding hydrogens is 387 g/mol. The molecule has 0 spiro atoms. The highest BCUT2D eigenvalue weighted by atomic mass is 127. The summed E-state index contributed by atoms with van der Waals surface area (Å²) >= 11 is 2.35. The van der Waals surface area contributed by atoms with Crippen molar-refractivity contribution in [3.05, 3.63) is 27.3 Å². The average molecular weight is 418 g/mol. The molecule has 0 saturated carbocycles. The van der Waals surface area contributed by atoms with Crippen LogP contribution in [0.1, 0.15) is 71.3 Å². The van der Waals surface area contributed by atoms with E-state index < -0.39 is 0 Å². The van der Waals surface area contributed by atoms with E-state index in [9.17, 15) is 0 Å². The van der Waals surface area contributed by atoms with Gasteiger partial charge in [0.15, 0.2) is 6.79 Å². The normalized spacial score (nSPS) is 11.7. The van der Waals surface area contributed by atoms with Crippen LogP contribution in [-0.4, -0.2) is 13.9 Å². The van der Waals surface area contributed by atoms with Crippen LogP contribution in [0.3, 0.4) is 0 Å². The maximum Gasteiger partial charge on any atom is 0.188 e. The number of halogens is 1. The highest BCUT2D eigenvalue weighted by molar-refractivity contribution is 14.1. The van der Waals surface area contributed by atoms with Gasteiger partial charge in [-0.05, 0) is 52.1 Å². The topological polar surface area (TPSA) is 18.5 Å². The molecule has 2 nitrogen and oxygen atoms in total. The molecule has 0 saturated heterocycles. The highest BCUT2D eigenvalue weighted by Gasteiger charge is 2.21. The summed E-state index contributed by atoms with van der Waals surface area (Å²) in [6, 6.07) is 6.52. The van der Waals surface area contributed by atoms with E-state index in [4.69, 9.17) is 9.47 Å². The Labute approximate surface area is 150 Å². The molecule has 0 bridgehead atoms. The van der Waals surface area contributed by atoms with Crippen molar-refractivity contribution in [2.45, 2.75) is 71.1 Å². The van der Waals surface area contributed by atoms with Crippen LogP contribution in [0.2, 0.25) is 0 Å².